The molecule has 4 aromatic heterocycles. The van der Waals surface area contributed by atoms with Crippen molar-refractivity contribution in [1.82, 2.24) is 35.4 Å². The first-order valence-electron chi connectivity index (χ1n) is 17.7. The van der Waals surface area contributed by atoms with Crippen molar-refractivity contribution in [3.8, 4) is 11.6 Å². The first kappa shape index (κ1) is 35.8. The summed E-state index contributed by atoms with van der Waals surface area (Å²) in [7, 11) is 0. The molecule has 0 radical (unpaired) electrons. The summed E-state index contributed by atoms with van der Waals surface area (Å²) in [5.74, 6) is 0.158. The van der Waals surface area contributed by atoms with E-state index in [2.05, 4.69) is 37.9 Å². The van der Waals surface area contributed by atoms with Gasteiger partial charge in [-0.3, -0.25) is 9.59 Å². The molecule has 1 amide bonds. The molecule has 1 aliphatic rings. The van der Waals surface area contributed by atoms with Crippen molar-refractivity contribution in [1.29, 1.82) is 0 Å². The minimum atomic E-state index is -0.814. The van der Waals surface area contributed by atoms with Crippen LogP contribution in [0.2, 0.25) is 0 Å². The van der Waals surface area contributed by atoms with E-state index in [0.29, 0.717) is 67.1 Å². The average molecular weight is 699 g/mol. The zero-order valence-electron chi connectivity index (χ0n) is 29.1. The molecule has 6 rings (SSSR count). The van der Waals surface area contributed by atoms with E-state index in [1.54, 1.807) is 24.3 Å². The molecule has 270 valence electrons. The van der Waals surface area contributed by atoms with Gasteiger partial charge in [0.2, 0.25) is 11.4 Å². The van der Waals surface area contributed by atoms with E-state index < -0.39 is 6.10 Å². The van der Waals surface area contributed by atoms with Gasteiger partial charge in [-0.25, -0.2) is 14.6 Å². The molecule has 1 aliphatic heterocycles. The molecule has 6 N–H and O–H groups in total. The van der Waals surface area contributed by atoms with Crippen LogP contribution in [-0.2, 0) is 24.2 Å². The molecule has 14 nitrogen and oxygen atoms in total. The van der Waals surface area contributed by atoms with Crippen molar-refractivity contribution in [2.24, 2.45) is 0 Å². The quantitative estimate of drug-likeness (QED) is 0.0819. The maximum Gasteiger partial charge on any atom is 0.253 e. The first-order chi connectivity index (χ1) is 24.9. The Balaban J connectivity index is 0.975. The van der Waals surface area contributed by atoms with Crippen molar-refractivity contribution >= 4 is 33.5 Å². The van der Waals surface area contributed by atoms with Crippen LogP contribution in [0.1, 0.15) is 72.8 Å². The Morgan fingerprint density at radius 3 is 2.71 bits per heavy atom. The van der Waals surface area contributed by atoms with Crippen molar-refractivity contribution in [2.45, 2.75) is 71.2 Å². The van der Waals surface area contributed by atoms with Crippen molar-refractivity contribution in [3.63, 3.8) is 0 Å². The smallest absolute Gasteiger partial charge is 0.253 e. The van der Waals surface area contributed by atoms with E-state index in [0.717, 1.165) is 66.9 Å². The van der Waals surface area contributed by atoms with Gasteiger partial charge in [0.15, 0.2) is 5.65 Å². The molecule has 1 saturated heterocycles. The molecule has 1 atom stereocenters. The number of H-pyrrole nitrogens is 1. The van der Waals surface area contributed by atoms with Gasteiger partial charge in [-0.2, -0.15) is 5.10 Å². The van der Waals surface area contributed by atoms with Crippen LogP contribution in [-0.4, -0.2) is 79.8 Å². The minimum Gasteiger partial charge on any atom is -0.506 e. The number of anilines is 1. The Kier molecular flexibility index (Phi) is 11.8. The summed E-state index contributed by atoms with van der Waals surface area (Å²) in [6.07, 6.45) is 6.66. The van der Waals surface area contributed by atoms with Crippen LogP contribution in [0.15, 0.2) is 53.6 Å². The topological polar surface area (TPSA) is 189 Å². The SMILES string of the molecule is CCc1nc2c(cnn2CC)c(NC2CCOCC2)c1CNC(=O)c1ccc(OCCCCNCC(O)c2ccc(O)c3[nH]c(=O)ccc23)nc1. The molecule has 0 aliphatic carbocycles. The highest BCUT2D eigenvalue weighted by Gasteiger charge is 2.22. The van der Waals surface area contributed by atoms with E-state index in [1.165, 1.54) is 18.3 Å². The van der Waals surface area contributed by atoms with Gasteiger partial charge in [0.05, 0.1) is 41.1 Å². The number of hydrogen-bond donors (Lipinski definition) is 6. The number of nitrogens with one attached hydrogen (secondary N) is 4. The van der Waals surface area contributed by atoms with E-state index >= 15 is 0 Å². The number of amides is 1. The molecule has 14 heteroatoms. The number of carbonyl (C=O) groups is 1. The van der Waals surface area contributed by atoms with Gasteiger partial charge in [0, 0.05) is 73.9 Å². The van der Waals surface area contributed by atoms with E-state index in [4.69, 9.17) is 14.5 Å². The number of aromatic hydroxyl groups is 1. The second kappa shape index (κ2) is 16.8. The van der Waals surface area contributed by atoms with Crippen molar-refractivity contribution in [3.05, 3.63) is 81.5 Å². The van der Waals surface area contributed by atoms with Gasteiger partial charge in [-0.05, 0) is 69.3 Å². The number of aliphatic hydroxyl groups is 1. The van der Waals surface area contributed by atoms with Crippen LogP contribution in [0.3, 0.4) is 0 Å². The number of aromatic amines is 1. The molecule has 1 unspecified atom stereocenters. The zero-order chi connectivity index (χ0) is 35.7. The lowest BCUT2D eigenvalue weighted by Crippen LogP contribution is -2.30. The lowest BCUT2D eigenvalue weighted by atomic mass is 10.0. The normalized spacial score (nSPS) is 14.2. The summed E-state index contributed by atoms with van der Waals surface area (Å²) in [4.78, 5) is 36.8. The molecule has 5 aromatic rings. The third-order valence-corrected chi connectivity index (χ3v) is 9.20. The number of aliphatic hydroxyl groups excluding tert-OH is 1. The fraction of sp³-hybridized carbons (Fsp3) is 0.432. The Morgan fingerprint density at radius 2 is 1.94 bits per heavy atom. The lowest BCUT2D eigenvalue weighted by Gasteiger charge is -2.26. The highest BCUT2D eigenvalue weighted by Crippen LogP contribution is 2.32. The van der Waals surface area contributed by atoms with Gasteiger partial charge in [0.1, 0.15) is 5.75 Å². The highest BCUT2D eigenvalue weighted by molar-refractivity contribution is 5.95. The van der Waals surface area contributed by atoms with Crippen LogP contribution in [0, 0.1) is 0 Å². The standard InChI is InChI=1S/C37H46N8O6/c1-3-29-27(34(42-24-13-17-50-18-14-24)28-21-41-45(4-2)36(28)43-29)20-40-37(49)23-7-12-33(39-19-23)51-16-6-5-15-38-22-31(47)25-8-10-30(46)35-26(25)9-11-32(48)44-35/h7-12,19,21,24,31,38,46-47H,3-6,13-18,20,22H2,1-2H3,(H,40,49)(H,42,43)(H,44,48). The summed E-state index contributed by atoms with van der Waals surface area (Å²) in [5, 5.41) is 37.0. The van der Waals surface area contributed by atoms with Gasteiger partial charge in [0.25, 0.3) is 5.91 Å². The number of aryl methyl sites for hydroxylation is 2. The fourth-order valence-corrected chi connectivity index (χ4v) is 6.40. The number of fused-ring (bicyclic) bond motifs is 2. The molecule has 1 fully saturated rings. The molecule has 1 aromatic carbocycles. The molecule has 5 heterocycles. The van der Waals surface area contributed by atoms with Gasteiger partial charge < -0.3 is 40.6 Å². The Morgan fingerprint density at radius 1 is 1.10 bits per heavy atom. The predicted molar refractivity (Wildman–Crippen MR) is 194 cm³/mol. The number of carbonyl (C=O) groups excluding carboxylic acids is 1. The van der Waals surface area contributed by atoms with Gasteiger partial charge in [-0.15, -0.1) is 0 Å². The third-order valence-electron chi connectivity index (χ3n) is 9.20. The van der Waals surface area contributed by atoms with E-state index in [1.807, 2.05) is 17.8 Å². The number of aromatic nitrogens is 5. The second-order valence-electron chi connectivity index (χ2n) is 12.6. The number of unbranched alkanes of at least 4 members (excludes halogenated alkanes) is 1. The Labute approximate surface area is 295 Å². The predicted octanol–water partition coefficient (Wildman–Crippen LogP) is 3.96. The van der Waals surface area contributed by atoms with Crippen LogP contribution in [0.5, 0.6) is 11.6 Å². The maximum atomic E-state index is 13.2. The number of rotatable bonds is 16. The van der Waals surface area contributed by atoms with Gasteiger partial charge >= 0.3 is 0 Å². The number of ether oxygens (including phenoxy) is 2. The summed E-state index contributed by atoms with van der Waals surface area (Å²) in [5.41, 5.74) is 4.74. The summed E-state index contributed by atoms with van der Waals surface area (Å²) >= 11 is 0. The van der Waals surface area contributed by atoms with Crippen molar-refractivity contribution in [2.75, 3.05) is 38.2 Å². The van der Waals surface area contributed by atoms with Crippen LogP contribution >= 0.6 is 0 Å². The minimum absolute atomic E-state index is 0.0411. The molecule has 0 bridgehead atoms. The van der Waals surface area contributed by atoms with Crippen LogP contribution in [0.4, 0.5) is 5.69 Å². The number of phenolic OH excluding ortho intramolecular Hbond substituents is 1. The van der Waals surface area contributed by atoms with E-state index in [9.17, 15) is 19.8 Å². The first-order valence-corrected chi connectivity index (χ1v) is 17.7. The highest BCUT2D eigenvalue weighted by atomic mass is 16.5. The number of phenols is 1. The summed E-state index contributed by atoms with van der Waals surface area (Å²) < 4.78 is 13.3. The Hall–Kier alpha value is -5.05. The third kappa shape index (κ3) is 8.47. The monoisotopic (exact) mass is 698 g/mol. The van der Waals surface area contributed by atoms with Gasteiger partial charge in [-0.1, -0.05) is 13.0 Å². The molecule has 0 saturated carbocycles. The molecule has 51 heavy (non-hydrogen) atoms. The molecule has 0 spiro atoms. The van der Waals surface area contributed by atoms with Crippen molar-refractivity contribution < 1.29 is 24.5 Å². The number of pyridine rings is 3. The fourth-order valence-electron chi connectivity index (χ4n) is 6.40. The average Bonchev–Trinajstić information content (AvgIpc) is 3.57. The Bertz CT molecular complexity index is 2010. The number of benzene rings is 1. The molecular weight excluding hydrogens is 652 g/mol. The van der Waals surface area contributed by atoms with Crippen LogP contribution in [0.25, 0.3) is 21.9 Å². The second-order valence-corrected chi connectivity index (χ2v) is 12.6. The summed E-state index contributed by atoms with van der Waals surface area (Å²) in [6.45, 7) is 8.00. The van der Waals surface area contributed by atoms with E-state index in [-0.39, 0.29) is 23.3 Å². The number of nitrogens with zero attached hydrogens (tertiary/aromatic N) is 4. The largest absolute Gasteiger partial charge is 0.506 e. The maximum absolute atomic E-state index is 13.2. The summed E-state index contributed by atoms with van der Waals surface area (Å²) in [6, 6.07) is 9.76. The lowest BCUT2D eigenvalue weighted by molar-refractivity contribution is 0.0904. The van der Waals surface area contributed by atoms with Crippen LogP contribution < -0.4 is 26.2 Å². The zero-order valence-corrected chi connectivity index (χ0v) is 29.1. The number of hydrogen-bond acceptors (Lipinski definition) is 11. The molecular formula is C37H46N8O6.